The molecule has 2 saturated carbocycles. The lowest BCUT2D eigenvalue weighted by Gasteiger charge is -2.45. The van der Waals surface area contributed by atoms with Crippen molar-refractivity contribution in [3.05, 3.63) is 70.8 Å². The Labute approximate surface area is 234 Å². The minimum atomic E-state index is -0.0992. The Morgan fingerprint density at radius 2 is 0.816 bits per heavy atom. The van der Waals surface area contributed by atoms with Crippen molar-refractivity contribution in [3.8, 4) is 0 Å². The first kappa shape index (κ1) is 29.1. The van der Waals surface area contributed by atoms with E-state index in [9.17, 15) is 4.79 Å². The topological polar surface area (TPSA) is 17.1 Å². The highest BCUT2D eigenvalue weighted by Crippen LogP contribution is 2.53. The SMILES string of the molecule is CC(C(=O)C(C)c1ccc(C2CC(C)(C)CC(C)(C)C2)cc1)c1ccc(C2CC(C)(C)CC(C)(C)C2)cc1. The summed E-state index contributed by atoms with van der Waals surface area (Å²) in [5.74, 6) is 1.32. The van der Waals surface area contributed by atoms with Crippen LogP contribution in [0.1, 0.15) is 154 Å². The summed E-state index contributed by atoms with van der Waals surface area (Å²) in [5.41, 5.74) is 6.67. The summed E-state index contributed by atoms with van der Waals surface area (Å²) in [4.78, 5) is 13.6. The zero-order valence-corrected chi connectivity index (χ0v) is 26.1. The molecule has 1 nitrogen and oxygen atoms in total. The molecule has 0 N–H and O–H groups in total. The highest BCUT2D eigenvalue weighted by Gasteiger charge is 2.40. The maximum Gasteiger partial charge on any atom is 0.147 e. The van der Waals surface area contributed by atoms with Gasteiger partial charge in [-0.2, -0.15) is 0 Å². The van der Waals surface area contributed by atoms with Gasteiger partial charge < -0.3 is 0 Å². The summed E-state index contributed by atoms with van der Waals surface area (Å²) < 4.78 is 0. The molecule has 0 aliphatic heterocycles. The zero-order chi connectivity index (χ0) is 28.1. The van der Waals surface area contributed by atoms with Crippen LogP contribution in [-0.2, 0) is 4.79 Å². The Morgan fingerprint density at radius 3 is 1.08 bits per heavy atom. The van der Waals surface area contributed by atoms with E-state index in [2.05, 4.69) is 118 Å². The van der Waals surface area contributed by atoms with Crippen molar-refractivity contribution in [2.75, 3.05) is 0 Å². The van der Waals surface area contributed by atoms with Crippen LogP contribution in [-0.4, -0.2) is 5.78 Å². The number of rotatable bonds is 6. The Morgan fingerprint density at radius 1 is 0.553 bits per heavy atom. The molecule has 0 saturated heterocycles. The van der Waals surface area contributed by atoms with Crippen LogP contribution in [0.5, 0.6) is 0 Å². The van der Waals surface area contributed by atoms with Crippen LogP contribution < -0.4 is 0 Å². The first-order valence-electron chi connectivity index (χ1n) is 15.2. The largest absolute Gasteiger partial charge is 0.298 e. The van der Waals surface area contributed by atoms with E-state index in [1.165, 1.54) is 49.7 Å². The summed E-state index contributed by atoms with van der Waals surface area (Å²) in [6.07, 6.45) is 7.55. The fraction of sp³-hybridized carbons (Fsp3) is 0.649. The minimum Gasteiger partial charge on any atom is -0.298 e. The van der Waals surface area contributed by atoms with E-state index in [0.717, 1.165) is 11.1 Å². The fourth-order valence-corrected chi connectivity index (χ4v) is 8.98. The highest BCUT2D eigenvalue weighted by atomic mass is 16.1. The van der Waals surface area contributed by atoms with Crippen LogP contribution in [0.4, 0.5) is 0 Å². The van der Waals surface area contributed by atoms with Crippen LogP contribution in [0.15, 0.2) is 48.5 Å². The first-order chi connectivity index (χ1) is 17.5. The second kappa shape index (κ2) is 10.3. The number of benzene rings is 2. The summed E-state index contributed by atoms with van der Waals surface area (Å²) >= 11 is 0. The van der Waals surface area contributed by atoms with Crippen LogP contribution in [0, 0.1) is 21.7 Å². The lowest BCUT2D eigenvalue weighted by molar-refractivity contribution is -0.121. The summed E-state index contributed by atoms with van der Waals surface area (Å²) in [6, 6.07) is 18.1. The van der Waals surface area contributed by atoms with E-state index in [0.29, 0.717) is 39.3 Å². The van der Waals surface area contributed by atoms with Gasteiger partial charge in [0.2, 0.25) is 0 Å². The molecule has 2 aliphatic rings. The number of carbonyl (C=O) groups excluding carboxylic acids is 1. The summed E-state index contributed by atoms with van der Waals surface area (Å²) in [6.45, 7) is 23.5. The Kier molecular flexibility index (Phi) is 7.85. The van der Waals surface area contributed by atoms with Crippen LogP contribution in [0.3, 0.4) is 0 Å². The van der Waals surface area contributed by atoms with E-state index in [4.69, 9.17) is 0 Å². The van der Waals surface area contributed by atoms with Crippen molar-refractivity contribution in [2.24, 2.45) is 21.7 Å². The van der Waals surface area contributed by atoms with Gasteiger partial charge in [-0.15, -0.1) is 0 Å². The molecule has 2 aromatic carbocycles. The van der Waals surface area contributed by atoms with Crippen molar-refractivity contribution >= 4 is 5.78 Å². The first-order valence-corrected chi connectivity index (χ1v) is 15.2. The van der Waals surface area contributed by atoms with Crippen molar-refractivity contribution in [1.29, 1.82) is 0 Å². The molecule has 2 aliphatic carbocycles. The standard InChI is InChI=1S/C37H54O/c1-25(27-11-15-29(16-12-27)31-19-34(3,4)23-35(5,6)20-31)33(38)26(2)28-13-17-30(18-14-28)32-21-36(7,8)24-37(9,10)22-32/h11-18,25-26,31-32H,19-24H2,1-10H3. The third-order valence-corrected chi connectivity index (χ3v) is 9.78. The highest BCUT2D eigenvalue weighted by molar-refractivity contribution is 5.91. The minimum absolute atomic E-state index is 0.0992. The Bertz CT molecular complexity index is 991. The van der Waals surface area contributed by atoms with Crippen molar-refractivity contribution in [2.45, 2.75) is 131 Å². The van der Waals surface area contributed by atoms with Gasteiger partial charge in [-0.3, -0.25) is 4.79 Å². The monoisotopic (exact) mass is 514 g/mol. The summed E-state index contributed by atoms with van der Waals surface area (Å²) in [5, 5.41) is 0. The Balaban J connectivity index is 1.43. The molecule has 0 heterocycles. The average Bonchev–Trinajstić information content (AvgIpc) is 2.79. The molecule has 38 heavy (non-hydrogen) atoms. The van der Waals surface area contributed by atoms with E-state index in [-0.39, 0.29) is 11.8 Å². The molecule has 1 heteroatoms. The average molecular weight is 515 g/mol. The summed E-state index contributed by atoms with van der Waals surface area (Å²) in [7, 11) is 0. The van der Waals surface area contributed by atoms with Gasteiger partial charge >= 0.3 is 0 Å². The molecule has 2 unspecified atom stereocenters. The second-order valence-corrected chi connectivity index (χ2v) is 16.4. The van der Waals surface area contributed by atoms with Gasteiger partial charge in [0.25, 0.3) is 0 Å². The number of hydrogen-bond acceptors (Lipinski definition) is 1. The predicted octanol–water partition coefficient (Wildman–Crippen LogP) is 10.8. The van der Waals surface area contributed by atoms with Crippen LogP contribution >= 0.6 is 0 Å². The molecule has 2 fully saturated rings. The Hall–Kier alpha value is -1.89. The fourth-order valence-electron chi connectivity index (χ4n) is 8.98. The smallest absolute Gasteiger partial charge is 0.147 e. The number of hydrogen-bond donors (Lipinski definition) is 0. The molecule has 208 valence electrons. The van der Waals surface area contributed by atoms with E-state index < -0.39 is 0 Å². The normalized spacial score (nSPS) is 24.5. The quantitative estimate of drug-likeness (QED) is 0.374. The lowest BCUT2D eigenvalue weighted by atomic mass is 9.60. The molecule has 0 spiro atoms. The van der Waals surface area contributed by atoms with Gasteiger partial charge in [-0.1, -0.05) is 118 Å². The maximum atomic E-state index is 13.6. The maximum absolute atomic E-state index is 13.6. The number of carbonyl (C=O) groups is 1. The predicted molar refractivity (Wildman–Crippen MR) is 163 cm³/mol. The van der Waals surface area contributed by atoms with Gasteiger partial charge in [0, 0.05) is 11.8 Å². The molecule has 0 aromatic heterocycles. The van der Waals surface area contributed by atoms with Gasteiger partial charge in [0.1, 0.15) is 5.78 Å². The van der Waals surface area contributed by atoms with Gasteiger partial charge in [0.05, 0.1) is 0 Å². The van der Waals surface area contributed by atoms with E-state index >= 15 is 0 Å². The number of Topliss-reactive ketones (excluding diaryl/α,β-unsaturated/α-hetero) is 1. The molecular weight excluding hydrogens is 460 g/mol. The molecule has 4 rings (SSSR count). The molecular formula is C37H54O. The van der Waals surface area contributed by atoms with Crippen molar-refractivity contribution in [3.63, 3.8) is 0 Å². The van der Waals surface area contributed by atoms with Gasteiger partial charge in [-0.05, 0) is 94.3 Å². The van der Waals surface area contributed by atoms with E-state index in [1.54, 1.807) is 0 Å². The molecule has 0 radical (unpaired) electrons. The number of ketones is 1. The third kappa shape index (κ3) is 6.81. The zero-order valence-electron chi connectivity index (χ0n) is 26.1. The van der Waals surface area contributed by atoms with E-state index in [1.807, 2.05) is 0 Å². The molecule has 0 bridgehead atoms. The van der Waals surface area contributed by atoms with Gasteiger partial charge in [0.15, 0.2) is 0 Å². The van der Waals surface area contributed by atoms with Crippen molar-refractivity contribution < 1.29 is 4.79 Å². The van der Waals surface area contributed by atoms with Crippen LogP contribution in [0.25, 0.3) is 0 Å². The molecule has 2 aromatic rings. The van der Waals surface area contributed by atoms with Crippen LogP contribution in [0.2, 0.25) is 0 Å². The lowest BCUT2D eigenvalue weighted by Crippen LogP contribution is -2.32. The second-order valence-electron chi connectivity index (χ2n) is 16.4. The van der Waals surface area contributed by atoms with Gasteiger partial charge in [-0.25, -0.2) is 0 Å². The van der Waals surface area contributed by atoms with Crippen molar-refractivity contribution in [1.82, 2.24) is 0 Å². The third-order valence-electron chi connectivity index (χ3n) is 9.78. The molecule has 2 atom stereocenters. The molecule has 0 amide bonds.